The van der Waals surface area contributed by atoms with Crippen molar-refractivity contribution in [2.24, 2.45) is 0 Å². The van der Waals surface area contributed by atoms with Gasteiger partial charge in [0.1, 0.15) is 11.6 Å². The third-order valence-corrected chi connectivity index (χ3v) is 4.81. The number of pyridine rings is 1. The van der Waals surface area contributed by atoms with Crippen molar-refractivity contribution in [2.75, 3.05) is 25.1 Å². The molecule has 4 rings (SSSR count). The summed E-state index contributed by atoms with van der Waals surface area (Å²) in [7, 11) is 1.36. The Hall–Kier alpha value is -2.80. The van der Waals surface area contributed by atoms with Crippen LogP contribution in [0.3, 0.4) is 0 Å². The highest BCUT2D eigenvalue weighted by atomic mass is 35.5. The van der Waals surface area contributed by atoms with Crippen LogP contribution in [-0.4, -0.2) is 47.3 Å². The first-order valence-corrected chi connectivity index (χ1v) is 8.72. The van der Waals surface area contributed by atoms with Gasteiger partial charge in [-0.3, -0.25) is 0 Å². The highest BCUT2D eigenvalue weighted by Gasteiger charge is 2.25. The number of aromatic amines is 1. The largest absolute Gasteiger partial charge is 0.453 e. The van der Waals surface area contributed by atoms with E-state index in [9.17, 15) is 4.79 Å². The van der Waals surface area contributed by atoms with E-state index in [4.69, 9.17) is 11.6 Å². The molecular formula is C18H18ClN5O2. The first-order valence-electron chi connectivity index (χ1n) is 8.34. The summed E-state index contributed by atoms with van der Waals surface area (Å²) in [6, 6.07) is 9.81. The van der Waals surface area contributed by atoms with E-state index >= 15 is 0 Å². The van der Waals surface area contributed by atoms with E-state index in [1.165, 1.54) is 7.11 Å². The Kier molecular flexibility index (Phi) is 4.38. The van der Waals surface area contributed by atoms with Gasteiger partial charge >= 0.3 is 6.09 Å². The molecule has 0 aliphatic carbocycles. The number of alkyl carbamates (subject to hydrolysis) is 1. The van der Waals surface area contributed by atoms with Crippen LogP contribution in [0.25, 0.3) is 22.4 Å². The number of aromatic nitrogens is 3. The van der Waals surface area contributed by atoms with Crippen LogP contribution in [0.4, 0.5) is 10.6 Å². The van der Waals surface area contributed by atoms with E-state index in [0.717, 1.165) is 35.4 Å². The number of anilines is 1. The van der Waals surface area contributed by atoms with Gasteiger partial charge in [0.25, 0.3) is 0 Å². The number of benzene rings is 1. The number of nitrogens with zero attached hydrogens (tertiary/aromatic N) is 3. The van der Waals surface area contributed by atoms with Gasteiger partial charge in [0.15, 0.2) is 0 Å². The van der Waals surface area contributed by atoms with E-state index in [2.05, 4.69) is 29.9 Å². The van der Waals surface area contributed by atoms with Gasteiger partial charge in [0.2, 0.25) is 0 Å². The van der Waals surface area contributed by atoms with Gasteiger partial charge in [0, 0.05) is 24.8 Å². The lowest BCUT2D eigenvalue weighted by Crippen LogP contribution is -2.37. The van der Waals surface area contributed by atoms with Crippen molar-refractivity contribution in [1.29, 1.82) is 0 Å². The van der Waals surface area contributed by atoms with Crippen LogP contribution in [0.1, 0.15) is 6.42 Å². The Labute approximate surface area is 155 Å². The summed E-state index contributed by atoms with van der Waals surface area (Å²) >= 11 is 6.37. The number of H-pyrrole nitrogens is 1. The van der Waals surface area contributed by atoms with Gasteiger partial charge in [-0.15, -0.1) is 0 Å². The van der Waals surface area contributed by atoms with Gasteiger partial charge < -0.3 is 19.9 Å². The highest BCUT2D eigenvalue weighted by molar-refractivity contribution is 6.33. The molecule has 0 saturated carbocycles. The first kappa shape index (κ1) is 16.7. The molecule has 2 N–H and O–H groups in total. The lowest BCUT2D eigenvalue weighted by molar-refractivity contribution is 0.167. The maximum atomic E-state index is 11.4. The summed E-state index contributed by atoms with van der Waals surface area (Å²) in [6.45, 7) is 1.46. The molecule has 1 aliphatic rings. The van der Waals surface area contributed by atoms with Crippen molar-refractivity contribution >= 4 is 34.5 Å². The van der Waals surface area contributed by atoms with Gasteiger partial charge in [-0.25, -0.2) is 14.8 Å². The second-order valence-electron chi connectivity index (χ2n) is 6.19. The van der Waals surface area contributed by atoms with Gasteiger partial charge in [-0.1, -0.05) is 23.7 Å². The minimum Gasteiger partial charge on any atom is -0.453 e. The van der Waals surface area contributed by atoms with E-state index in [-0.39, 0.29) is 6.04 Å². The summed E-state index contributed by atoms with van der Waals surface area (Å²) in [4.78, 5) is 25.9. The molecule has 26 heavy (non-hydrogen) atoms. The van der Waals surface area contributed by atoms with Crippen molar-refractivity contribution in [3.63, 3.8) is 0 Å². The number of halogens is 1. The van der Waals surface area contributed by atoms with E-state index < -0.39 is 6.09 Å². The average Bonchev–Trinajstić information content (AvgIpc) is 3.28. The smallest absolute Gasteiger partial charge is 0.407 e. The molecule has 8 heteroatoms. The summed E-state index contributed by atoms with van der Waals surface area (Å²) in [6.07, 6.45) is 2.06. The topological polar surface area (TPSA) is 83.1 Å². The number of nitrogens with one attached hydrogen (secondary N) is 2. The Morgan fingerprint density at radius 2 is 2.27 bits per heavy atom. The molecular weight excluding hydrogens is 354 g/mol. The summed E-state index contributed by atoms with van der Waals surface area (Å²) in [5, 5.41) is 3.37. The van der Waals surface area contributed by atoms with Crippen molar-refractivity contribution < 1.29 is 9.53 Å². The van der Waals surface area contributed by atoms with Crippen LogP contribution < -0.4 is 10.2 Å². The minimum atomic E-state index is -0.413. The fraction of sp³-hybridized carbons (Fsp3) is 0.278. The number of methoxy groups -OCH3 is 1. The molecule has 7 nitrogen and oxygen atoms in total. The fourth-order valence-corrected chi connectivity index (χ4v) is 3.37. The van der Waals surface area contributed by atoms with Gasteiger partial charge in [0.05, 0.1) is 29.2 Å². The predicted molar refractivity (Wildman–Crippen MR) is 100 cm³/mol. The number of fused-ring (bicyclic) bond motifs is 1. The number of amides is 1. The second kappa shape index (κ2) is 6.84. The van der Waals surface area contributed by atoms with Crippen LogP contribution in [0.15, 0.2) is 36.5 Å². The fourth-order valence-electron chi connectivity index (χ4n) is 3.17. The Morgan fingerprint density at radius 1 is 1.42 bits per heavy atom. The summed E-state index contributed by atoms with van der Waals surface area (Å²) in [5.74, 6) is 1.52. The van der Waals surface area contributed by atoms with E-state index in [0.29, 0.717) is 17.4 Å². The zero-order chi connectivity index (χ0) is 18.1. The number of hydrogen-bond acceptors (Lipinski definition) is 5. The molecule has 1 atom stereocenters. The third kappa shape index (κ3) is 3.17. The second-order valence-corrected chi connectivity index (χ2v) is 6.60. The molecule has 1 aromatic carbocycles. The highest BCUT2D eigenvalue weighted by Crippen LogP contribution is 2.31. The maximum Gasteiger partial charge on any atom is 0.407 e. The molecule has 134 valence electrons. The molecule has 3 aromatic rings. The van der Waals surface area contributed by atoms with Crippen molar-refractivity contribution in [3.8, 4) is 11.4 Å². The normalized spacial score (nSPS) is 16.8. The molecule has 0 bridgehead atoms. The van der Waals surface area contributed by atoms with Crippen LogP contribution in [0.2, 0.25) is 5.02 Å². The maximum absolute atomic E-state index is 11.4. The lowest BCUT2D eigenvalue weighted by atomic mass is 10.2. The zero-order valence-electron chi connectivity index (χ0n) is 14.2. The Balaban J connectivity index is 1.60. The van der Waals surface area contributed by atoms with E-state index in [1.807, 2.05) is 30.3 Å². The molecule has 1 saturated heterocycles. The van der Waals surface area contributed by atoms with Crippen LogP contribution in [0.5, 0.6) is 0 Å². The Bertz CT molecular complexity index is 925. The minimum absolute atomic E-state index is 0.0366. The van der Waals surface area contributed by atoms with Crippen molar-refractivity contribution in [3.05, 3.63) is 41.6 Å². The molecule has 1 fully saturated rings. The Morgan fingerprint density at radius 3 is 3.08 bits per heavy atom. The monoisotopic (exact) mass is 371 g/mol. The predicted octanol–water partition coefficient (Wildman–Crippen LogP) is 3.21. The average molecular weight is 372 g/mol. The standard InChI is InChI=1S/C18H18ClN5O2/c1-26-18(25)21-11-6-7-24(10-11)16-8-12(13(19)9-20-16)17-22-14-4-2-3-5-15(14)23-17/h2-5,8-9,11H,6-7,10H2,1H3,(H,21,25)(H,22,23). The van der Waals surface area contributed by atoms with Crippen LogP contribution >= 0.6 is 11.6 Å². The molecule has 3 heterocycles. The molecule has 0 radical (unpaired) electrons. The summed E-state index contributed by atoms with van der Waals surface area (Å²) in [5.41, 5.74) is 2.65. The zero-order valence-corrected chi connectivity index (χ0v) is 15.0. The molecule has 1 amide bonds. The van der Waals surface area contributed by atoms with E-state index in [1.54, 1.807) is 6.20 Å². The third-order valence-electron chi connectivity index (χ3n) is 4.51. The van der Waals surface area contributed by atoms with Crippen molar-refractivity contribution in [2.45, 2.75) is 12.5 Å². The number of para-hydroxylation sites is 2. The molecule has 1 unspecified atom stereocenters. The SMILES string of the molecule is COC(=O)NC1CCN(c2cc(-c3nc4ccccc4[nH]3)c(Cl)cn2)C1. The van der Waals surface area contributed by atoms with Crippen LogP contribution in [0, 0.1) is 0 Å². The quantitative estimate of drug-likeness (QED) is 0.738. The van der Waals surface area contributed by atoms with Gasteiger partial charge in [-0.2, -0.15) is 0 Å². The number of imidazole rings is 1. The molecule has 0 spiro atoms. The molecule has 1 aliphatic heterocycles. The summed E-state index contributed by atoms with van der Waals surface area (Å²) < 4.78 is 4.66. The van der Waals surface area contributed by atoms with Crippen molar-refractivity contribution in [1.82, 2.24) is 20.3 Å². The number of ether oxygens (including phenoxy) is 1. The van der Waals surface area contributed by atoms with Gasteiger partial charge in [-0.05, 0) is 24.6 Å². The molecule has 2 aromatic heterocycles. The number of carbonyl (C=O) groups is 1. The number of hydrogen-bond donors (Lipinski definition) is 2. The lowest BCUT2D eigenvalue weighted by Gasteiger charge is -2.18. The number of carbonyl (C=O) groups excluding carboxylic acids is 1. The number of rotatable bonds is 3. The van der Waals surface area contributed by atoms with Crippen LogP contribution in [-0.2, 0) is 4.74 Å². The first-order chi connectivity index (χ1) is 12.6.